The zero-order chi connectivity index (χ0) is 6.69. The van der Waals surface area contributed by atoms with Crippen LogP contribution in [0.25, 0.3) is 0 Å². The highest BCUT2D eigenvalue weighted by Gasteiger charge is 2.18. The summed E-state index contributed by atoms with van der Waals surface area (Å²) in [6.07, 6.45) is 5.65. The summed E-state index contributed by atoms with van der Waals surface area (Å²) < 4.78 is 2.96. The predicted molar refractivity (Wildman–Crippen MR) is 43.5 cm³/mol. The van der Waals surface area contributed by atoms with Crippen molar-refractivity contribution in [1.82, 2.24) is 4.72 Å². The second kappa shape index (κ2) is 3.47. The van der Waals surface area contributed by atoms with Gasteiger partial charge in [-0.1, -0.05) is 32.1 Å². The molecule has 1 aliphatic rings. The van der Waals surface area contributed by atoms with Crippen molar-refractivity contribution in [2.24, 2.45) is 5.92 Å². The second-order valence-electron chi connectivity index (χ2n) is 3.06. The summed E-state index contributed by atoms with van der Waals surface area (Å²) in [4.78, 5) is 0. The largest absolute Gasteiger partial charge is 0.264 e. The Morgan fingerprint density at radius 1 is 1.67 bits per heavy atom. The molecule has 0 radical (unpaired) electrons. The molecule has 0 amide bonds. The van der Waals surface area contributed by atoms with E-state index < -0.39 is 0 Å². The Bertz CT molecular complexity index is 78.2. The lowest BCUT2D eigenvalue weighted by atomic mass is 9.81. The molecule has 0 spiro atoms. The van der Waals surface area contributed by atoms with E-state index in [9.17, 15) is 0 Å². The Kier molecular flexibility index (Phi) is 2.86. The number of rotatable bonds is 3. The Morgan fingerprint density at radius 2 is 2.33 bits per heavy atom. The highest BCUT2D eigenvalue weighted by atomic mass is 32.1. The van der Waals surface area contributed by atoms with Gasteiger partial charge in [-0.2, -0.15) is 0 Å². The fourth-order valence-electron chi connectivity index (χ4n) is 1.28. The van der Waals surface area contributed by atoms with Crippen molar-refractivity contribution in [2.45, 2.75) is 38.6 Å². The molecule has 0 aliphatic heterocycles. The summed E-state index contributed by atoms with van der Waals surface area (Å²) in [5, 5.41) is 0. The van der Waals surface area contributed by atoms with Crippen LogP contribution in [0, 0.1) is 5.92 Å². The molecule has 0 heterocycles. The standard InChI is InChI=1S/C7H15NS/c1-6(8-9)5-7-3-2-4-7/h6-9H,2-5H2,1H3. The summed E-state index contributed by atoms with van der Waals surface area (Å²) in [6.45, 7) is 2.19. The molecule has 1 aliphatic carbocycles. The zero-order valence-electron chi connectivity index (χ0n) is 5.93. The minimum absolute atomic E-state index is 0.596. The van der Waals surface area contributed by atoms with Gasteiger partial charge in [0.25, 0.3) is 0 Å². The molecule has 1 rings (SSSR count). The average molecular weight is 145 g/mol. The molecular formula is C7H15NS. The molecule has 0 aromatic heterocycles. The lowest BCUT2D eigenvalue weighted by molar-refractivity contribution is 0.277. The fourth-order valence-corrected chi connectivity index (χ4v) is 1.39. The van der Waals surface area contributed by atoms with Crippen molar-refractivity contribution < 1.29 is 0 Å². The van der Waals surface area contributed by atoms with Crippen LogP contribution in [0.5, 0.6) is 0 Å². The third-order valence-corrected chi connectivity index (χ3v) is 2.57. The van der Waals surface area contributed by atoms with E-state index in [1.54, 1.807) is 0 Å². The van der Waals surface area contributed by atoms with Crippen LogP contribution in [0.4, 0.5) is 0 Å². The maximum Gasteiger partial charge on any atom is 0.0143 e. The zero-order valence-corrected chi connectivity index (χ0v) is 6.82. The van der Waals surface area contributed by atoms with Gasteiger partial charge in [-0.15, -0.1) is 0 Å². The van der Waals surface area contributed by atoms with E-state index >= 15 is 0 Å². The Hall–Kier alpha value is 0.310. The van der Waals surface area contributed by atoms with Crippen LogP contribution in [-0.4, -0.2) is 6.04 Å². The maximum atomic E-state index is 4.00. The van der Waals surface area contributed by atoms with Crippen molar-refractivity contribution in [3.05, 3.63) is 0 Å². The molecule has 1 unspecified atom stereocenters. The van der Waals surface area contributed by atoms with Crippen molar-refractivity contribution in [3.63, 3.8) is 0 Å². The molecule has 0 aromatic carbocycles. The minimum Gasteiger partial charge on any atom is -0.264 e. The van der Waals surface area contributed by atoms with Gasteiger partial charge in [-0.25, -0.2) is 0 Å². The highest BCUT2D eigenvalue weighted by Crippen LogP contribution is 2.30. The normalized spacial score (nSPS) is 23.3. The van der Waals surface area contributed by atoms with Gasteiger partial charge in [-0.05, 0) is 19.3 Å². The van der Waals surface area contributed by atoms with Crippen LogP contribution in [0.15, 0.2) is 0 Å². The summed E-state index contributed by atoms with van der Waals surface area (Å²) in [6, 6.07) is 0.596. The average Bonchev–Trinajstić information content (AvgIpc) is 1.78. The van der Waals surface area contributed by atoms with Crippen LogP contribution in [0.3, 0.4) is 0 Å². The van der Waals surface area contributed by atoms with E-state index in [0.717, 1.165) is 5.92 Å². The van der Waals surface area contributed by atoms with E-state index in [4.69, 9.17) is 0 Å². The van der Waals surface area contributed by atoms with Crippen molar-refractivity contribution in [2.75, 3.05) is 0 Å². The topological polar surface area (TPSA) is 12.0 Å². The molecule has 0 saturated heterocycles. The van der Waals surface area contributed by atoms with Gasteiger partial charge in [0.1, 0.15) is 0 Å². The summed E-state index contributed by atoms with van der Waals surface area (Å²) in [5.74, 6) is 1.000. The van der Waals surface area contributed by atoms with E-state index in [0.29, 0.717) is 6.04 Å². The maximum absolute atomic E-state index is 4.00. The number of hydrogen-bond donors (Lipinski definition) is 2. The first-order valence-electron chi connectivity index (χ1n) is 3.72. The van der Waals surface area contributed by atoms with Gasteiger partial charge in [-0.3, -0.25) is 4.72 Å². The molecule has 9 heavy (non-hydrogen) atoms. The third kappa shape index (κ3) is 2.18. The molecule has 0 aromatic rings. The van der Waals surface area contributed by atoms with E-state index in [2.05, 4.69) is 24.5 Å². The molecule has 1 nitrogen and oxygen atoms in total. The minimum atomic E-state index is 0.596. The molecule has 1 saturated carbocycles. The van der Waals surface area contributed by atoms with Crippen LogP contribution in [0.2, 0.25) is 0 Å². The monoisotopic (exact) mass is 145 g/mol. The van der Waals surface area contributed by atoms with E-state index in [1.807, 2.05) is 0 Å². The summed E-state index contributed by atoms with van der Waals surface area (Å²) >= 11 is 4.00. The fraction of sp³-hybridized carbons (Fsp3) is 1.00. The van der Waals surface area contributed by atoms with Gasteiger partial charge in [0.15, 0.2) is 0 Å². The van der Waals surface area contributed by atoms with Gasteiger partial charge >= 0.3 is 0 Å². The van der Waals surface area contributed by atoms with Gasteiger partial charge in [0, 0.05) is 6.04 Å². The molecule has 2 heteroatoms. The van der Waals surface area contributed by atoms with Crippen molar-refractivity contribution >= 4 is 12.8 Å². The second-order valence-corrected chi connectivity index (χ2v) is 3.32. The first kappa shape index (κ1) is 7.42. The Labute approximate surface area is 62.8 Å². The third-order valence-electron chi connectivity index (χ3n) is 2.13. The lowest BCUT2D eigenvalue weighted by Crippen LogP contribution is -2.23. The number of nitrogens with one attached hydrogen (secondary N) is 1. The van der Waals surface area contributed by atoms with Gasteiger partial charge in [0.2, 0.25) is 0 Å². The summed E-state index contributed by atoms with van der Waals surface area (Å²) in [7, 11) is 0. The molecule has 1 fully saturated rings. The summed E-state index contributed by atoms with van der Waals surface area (Å²) in [5.41, 5.74) is 0. The van der Waals surface area contributed by atoms with Crippen LogP contribution in [0.1, 0.15) is 32.6 Å². The number of thiol groups is 1. The predicted octanol–water partition coefficient (Wildman–Crippen LogP) is 2.00. The first-order chi connectivity index (χ1) is 4.33. The highest BCUT2D eigenvalue weighted by molar-refractivity contribution is 7.78. The Balaban J connectivity index is 2.01. The van der Waals surface area contributed by atoms with E-state index in [1.165, 1.54) is 25.7 Å². The van der Waals surface area contributed by atoms with Crippen LogP contribution >= 0.6 is 12.8 Å². The molecule has 54 valence electrons. The van der Waals surface area contributed by atoms with Crippen LogP contribution in [-0.2, 0) is 0 Å². The van der Waals surface area contributed by atoms with E-state index in [-0.39, 0.29) is 0 Å². The van der Waals surface area contributed by atoms with Crippen LogP contribution < -0.4 is 4.72 Å². The Morgan fingerprint density at radius 3 is 2.67 bits per heavy atom. The van der Waals surface area contributed by atoms with Gasteiger partial charge < -0.3 is 0 Å². The van der Waals surface area contributed by atoms with Crippen molar-refractivity contribution in [3.8, 4) is 0 Å². The molecule has 1 N–H and O–H groups in total. The molecular weight excluding hydrogens is 130 g/mol. The lowest BCUT2D eigenvalue weighted by Gasteiger charge is -2.27. The molecule has 1 atom stereocenters. The van der Waals surface area contributed by atoms with Gasteiger partial charge in [0.05, 0.1) is 0 Å². The van der Waals surface area contributed by atoms with Crippen molar-refractivity contribution in [1.29, 1.82) is 0 Å². The quantitative estimate of drug-likeness (QED) is 0.579. The smallest absolute Gasteiger partial charge is 0.0143 e. The SMILES string of the molecule is CC(CC1CCC1)NS. The first-order valence-corrected chi connectivity index (χ1v) is 4.17. The molecule has 0 bridgehead atoms. The number of hydrogen-bond acceptors (Lipinski definition) is 2.